The van der Waals surface area contributed by atoms with Crippen LogP contribution in [-0.2, 0) is 0 Å². The smallest absolute Gasteiger partial charge is 0.425 e. The lowest BCUT2D eigenvalue weighted by molar-refractivity contribution is -0.189. The minimum Gasteiger partial charge on any atom is -0.480 e. The van der Waals surface area contributed by atoms with Gasteiger partial charge in [0.05, 0.1) is 15.7 Å². The number of carbonyl (C=O) groups excluding carboxylic acids is 1. The van der Waals surface area contributed by atoms with E-state index in [9.17, 15) is 26.7 Å². The molecular formula is C17H13BrF5NO2. The Labute approximate surface area is 154 Å². The van der Waals surface area contributed by atoms with Crippen LogP contribution in [0.25, 0.3) is 0 Å². The summed E-state index contributed by atoms with van der Waals surface area (Å²) in [5.74, 6) is -3.11. The zero-order valence-electron chi connectivity index (χ0n) is 13.5. The van der Waals surface area contributed by atoms with Crippen LogP contribution in [0.1, 0.15) is 22.8 Å². The van der Waals surface area contributed by atoms with Crippen molar-refractivity contribution in [1.29, 1.82) is 0 Å². The standard InChI is InChI=1S/C17H13BrF5NO2/c1-8-4-3-5-12(19)15(8)24-16(25)10-6-13(20)11(18)7-14(10)26-9(2)17(21,22)23/h3-7,9H,1-2H3,(H,24,25). The predicted octanol–water partition coefficient (Wildman–Crippen LogP) is 5.62. The van der Waals surface area contributed by atoms with Crippen LogP contribution >= 0.6 is 15.9 Å². The summed E-state index contributed by atoms with van der Waals surface area (Å²) in [7, 11) is 0. The SMILES string of the molecule is Cc1cccc(F)c1NC(=O)c1cc(F)c(Br)cc1OC(C)C(F)(F)F. The molecule has 2 aromatic carbocycles. The molecule has 0 spiro atoms. The van der Waals surface area contributed by atoms with Crippen molar-refractivity contribution in [1.82, 2.24) is 0 Å². The Bertz CT molecular complexity index is 818. The molecule has 1 N–H and O–H groups in total. The Balaban J connectivity index is 2.41. The Morgan fingerprint density at radius 2 is 1.85 bits per heavy atom. The zero-order chi connectivity index (χ0) is 19.6. The number of amides is 1. The second-order valence-electron chi connectivity index (χ2n) is 5.45. The molecule has 1 amide bonds. The third-order valence-electron chi connectivity index (χ3n) is 3.49. The van der Waals surface area contributed by atoms with Gasteiger partial charge in [0.1, 0.15) is 17.4 Å². The summed E-state index contributed by atoms with van der Waals surface area (Å²) < 4.78 is 70.5. The lowest BCUT2D eigenvalue weighted by Gasteiger charge is -2.20. The van der Waals surface area contributed by atoms with Crippen LogP contribution in [0.15, 0.2) is 34.8 Å². The van der Waals surface area contributed by atoms with E-state index in [1.165, 1.54) is 19.1 Å². The second-order valence-corrected chi connectivity index (χ2v) is 6.30. The number of hydrogen-bond donors (Lipinski definition) is 1. The fourth-order valence-corrected chi connectivity index (χ4v) is 2.35. The highest BCUT2D eigenvalue weighted by atomic mass is 79.9. The first-order valence-electron chi connectivity index (χ1n) is 7.29. The molecular weight excluding hydrogens is 425 g/mol. The fraction of sp³-hybridized carbons (Fsp3) is 0.235. The highest BCUT2D eigenvalue weighted by Crippen LogP contribution is 2.32. The summed E-state index contributed by atoms with van der Waals surface area (Å²) in [4.78, 5) is 12.4. The van der Waals surface area contributed by atoms with Crippen molar-refractivity contribution in [2.75, 3.05) is 5.32 Å². The number of carbonyl (C=O) groups is 1. The van der Waals surface area contributed by atoms with Crippen LogP contribution in [0.5, 0.6) is 5.75 Å². The highest BCUT2D eigenvalue weighted by molar-refractivity contribution is 9.10. The molecule has 0 radical (unpaired) electrons. The van der Waals surface area contributed by atoms with Crippen LogP contribution in [0, 0.1) is 18.6 Å². The van der Waals surface area contributed by atoms with Crippen molar-refractivity contribution in [2.24, 2.45) is 0 Å². The molecule has 0 bridgehead atoms. The van der Waals surface area contributed by atoms with E-state index in [0.29, 0.717) is 11.6 Å². The molecule has 3 nitrogen and oxygen atoms in total. The number of para-hydroxylation sites is 1. The van der Waals surface area contributed by atoms with Gasteiger partial charge in [0, 0.05) is 0 Å². The molecule has 26 heavy (non-hydrogen) atoms. The first-order chi connectivity index (χ1) is 12.0. The van der Waals surface area contributed by atoms with Crippen LogP contribution in [0.3, 0.4) is 0 Å². The average molecular weight is 438 g/mol. The number of aryl methyl sites for hydroxylation is 1. The van der Waals surface area contributed by atoms with Crippen molar-refractivity contribution >= 4 is 27.5 Å². The molecule has 1 unspecified atom stereocenters. The molecule has 0 aromatic heterocycles. The minimum atomic E-state index is -4.68. The molecule has 140 valence electrons. The van der Waals surface area contributed by atoms with Crippen molar-refractivity contribution < 1.29 is 31.5 Å². The molecule has 0 aliphatic rings. The van der Waals surface area contributed by atoms with E-state index in [2.05, 4.69) is 21.2 Å². The maximum atomic E-state index is 13.9. The molecule has 1 atom stereocenters. The highest BCUT2D eigenvalue weighted by Gasteiger charge is 2.38. The van der Waals surface area contributed by atoms with Crippen LogP contribution in [-0.4, -0.2) is 18.2 Å². The van der Waals surface area contributed by atoms with Crippen molar-refractivity contribution in [3.63, 3.8) is 0 Å². The number of hydrogen-bond acceptors (Lipinski definition) is 2. The van der Waals surface area contributed by atoms with Crippen LogP contribution in [0.2, 0.25) is 0 Å². The summed E-state index contributed by atoms with van der Waals surface area (Å²) >= 11 is 2.83. The summed E-state index contributed by atoms with van der Waals surface area (Å²) in [5, 5.41) is 2.24. The van der Waals surface area contributed by atoms with Crippen LogP contribution < -0.4 is 10.1 Å². The first kappa shape index (κ1) is 20.2. The van der Waals surface area contributed by atoms with Gasteiger partial charge in [0.25, 0.3) is 5.91 Å². The Kier molecular flexibility index (Phi) is 5.90. The molecule has 2 rings (SSSR count). The van der Waals surface area contributed by atoms with Gasteiger partial charge in [-0.3, -0.25) is 4.79 Å². The average Bonchev–Trinajstić information content (AvgIpc) is 2.53. The van der Waals surface area contributed by atoms with E-state index in [-0.39, 0.29) is 10.2 Å². The van der Waals surface area contributed by atoms with Crippen molar-refractivity contribution in [3.8, 4) is 5.75 Å². The zero-order valence-corrected chi connectivity index (χ0v) is 15.1. The molecule has 2 aromatic rings. The maximum absolute atomic E-state index is 13.9. The molecule has 0 saturated heterocycles. The summed E-state index contributed by atoms with van der Waals surface area (Å²) in [6.07, 6.45) is -6.92. The molecule has 9 heteroatoms. The lowest BCUT2D eigenvalue weighted by atomic mass is 10.1. The van der Waals surface area contributed by atoms with Crippen molar-refractivity contribution in [3.05, 3.63) is 57.6 Å². The van der Waals surface area contributed by atoms with Gasteiger partial charge < -0.3 is 10.1 Å². The van der Waals surface area contributed by atoms with Crippen molar-refractivity contribution in [2.45, 2.75) is 26.1 Å². The maximum Gasteiger partial charge on any atom is 0.425 e. The van der Waals surface area contributed by atoms with Gasteiger partial charge in [-0.25, -0.2) is 8.78 Å². The fourth-order valence-electron chi connectivity index (χ4n) is 2.03. The minimum absolute atomic E-state index is 0.157. The van der Waals surface area contributed by atoms with Gasteiger partial charge in [-0.15, -0.1) is 0 Å². The Morgan fingerprint density at radius 1 is 1.19 bits per heavy atom. The van der Waals surface area contributed by atoms with E-state index >= 15 is 0 Å². The van der Waals surface area contributed by atoms with Gasteiger partial charge in [-0.1, -0.05) is 12.1 Å². The molecule has 0 saturated carbocycles. The number of benzene rings is 2. The molecule has 0 aliphatic heterocycles. The Morgan fingerprint density at radius 3 is 2.42 bits per heavy atom. The molecule has 0 fully saturated rings. The Hall–Kier alpha value is -2.16. The normalized spacial score (nSPS) is 12.6. The van der Waals surface area contributed by atoms with E-state index in [0.717, 1.165) is 19.1 Å². The number of alkyl halides is 3. The number of halogens is 6. The summed E-state index contributed by atoms with van der Waals surface area (Å²) in [6.45, 7) is 2.28. The van der Waals surface area contributed by atoms with Gasteiger partial charge in [-0.2, -0.15) is 13.2 Å². The van der Waals surface area contributed by atoms with Gasteiger partial charge in [0.15, 0.2) is 6.10 Å². The van der Waals surface area contributed by atoms with Gasteiger partial charge >= 0.3 is 6.18 Å². The van der Waals surface area contributed by atoms with E-state index in [4.69, 9.17) is 4.74 Å². The van der Waals surface area contributed by atoms with E-state index in [1.807, 2.05) is 0 Å². The van der Waals surface area contributed by atoms with E-state index < -0.39 is 41.1 Å². The van der Waals surface area contributed by atoms with Crippen LogP contribution in [0.4, 0.5) is 27.6 Å². The predicted molar refractivity (Wildman–Crippen MR) is 89.3 cm³/mol. The molecule has 0 aliphatic carbocycles. The van der Waals surface area contributed by atoms with E-state index in [1.54, 1.807) is 0 Å². The topological polar surface area (TPSA) is 38.3 Å². The number of nitrogens with one attached hydrogen (secondary N) is 1. The monoisotopic (exact) mass is 437 g/mol. The summed E-state index contributed by atoms with van der Waals surface area (Å²) in [6, 6.07) is 5.70. The quantitative estimate of drug-likeness (QED) is 0.630. The third-order valence-corrected chi connectivity index (χ3v) is 4.10. The largest absolute Gasteiger partial charge is 0.480 e. The number of anilines is 1. The number of rotatable bonds is 4. The van der Waals surface area contributed by atoms with Gasteiger partial charge in [0.2, 0.25) is 0 Å². The lowest BCUT2D eigenvalue weighted by Crippen LogP contribution is -2.32. The first-order valence-corrected chi connectivity index (χ1v) is 8.09. The number of ether oxygens (including phenoxy) is 1. The third kappa shape index (κ3) is 4.51. The second kappa shape index (κ2) is 7.61. The van der Waals surface area contributed by atoms with Gasteiger partial charge in [-0.05, 0) is 53.5 Å². The molecule has 0 heterocycles. The summed E-state index contributed by atoms with van der Waals surface area (Å²) in [5.41, 5.74) is -0.262.